The Kier molecular flexibility index (Phi) is 5.55. The molecule has 5 rings (SSSR count). The zero-order valence-electron chi connectivity index (χ0n) is 18.3. The maximum Gasteiger partial charge on any atom is 0.272 e. The molecule has 2 bridgehead atoms. The first-order chi connectivity index (χ1) is 14.6. The van der Waals surface area contributed by atoms with Crippen LogP contribution in [0.3, 0.4) is 0 Å². The van der Waals surface area contributed by atoms with Gasteiger partial charge in [-0.2, -0.15) is 0 Å². The van der Waals surface area contributed by atoms with Gasteiger partial charge < -0.3 is 9.80 Å². The van der Waals surface area contributed by atoms with E-state index in [2.05, 4.69) is 14.8 Å². The van der Waals surface area contributed by atoms with Crippen LogP contribution in [-0.4, -0.2) is 51.8 Å². The Labute approximate surface area is 180 Å². The van der Waals surface area contributed by atoms with Crippen LogP contribution in [0.25, 0.3) is 0 Å². The third kappa shape index (κ3) is 3.65. The molecule has 5 nitrogen and oxygen atoms in total. The van der Waals surface area contributed by atoms with E-state index in [1.54, 1.807) is 6.20 Å². The smallest absolute Gasteiger partial charge is 0.272 e. The second-order valence-corrected chi connectivity index (χ2v) is 10.2. The minimum atomic E-state index is 0.0785. The van der Waals surface area contributed by atoms with E-state index < -0.39 is 0 Å². The molecular formula is C25H35N3O2. The Hall–Kier alpha value is -1.91. The van der Waals surface area contributed by atoms with Gasteiger partial charge in [-0.05, 0) is 62.0 Å². The molecule has 5 heteroatoms. The van der Waals surface area contributed by atoms with E-state index in [1.165, 1.54) is 38.5 Å². The second-order valence-electron chi connectivity index (χ2n) is 10.2. The van der Waals surface area contributed by atoms with Gasteiger partial charge in [0, 0.05) is 37.8 Å². The van der Waals surface area contributed by atoms with Gasteiger partial charge in [0.25, 0.3) is 5.91 Å². The highest BCUT2D eigenvalue weighted by atomic mass is 16.2. The van der Waals surface area contributed by atoms with E-state index in [-0.39, 0.29) is 5.91 Å². The first-order valence-electron chi connectivity index (χ1n) is 12.1. The van der Waals surface area contributed by atoms with Gasteiger partial charge in [-0.25, -0.2) is 0 Å². The summed E-state index contributed by atoms with van der Waals surface area (Å²) >= 11 is 0. The van der Waals surface area contributed by atoms with Crippen molar-refractivity contribution in [3.63, 3.8) is 0 Å². The maximum absolute atomic E-state index is 13.4. The zero-order chi connectivity index (χ0) is 20.7. The van der Waals surface area contributed by atoms with Crippen molar-refractivity contribution in [2.24, 2.45) is 17.8 Å². The number of carbonyl (C=O) groups excluding carboxylic acids is 2. The molecule has 4 atom stereocenters. The SMILES string of the molecule is Cc1cccnc1C(=O)N1C[C@H]2C[C@@H](C1)[C@H](CC1CCCCC1)N1C(=O)CCC[C@@H]21. The molecule has 1 saturated carbocycles. The number of aromatic nitrogens is 1. The number of rotatable bonds is 3. The Morgan fingerprint density at radius 2 is 1.90 bits per heavy atom. The molecule has 0 unspecified atom stereocenters. The van der Waals surface area contributed by atoms with E-state index in [0.717, 1.165) is 43.8 Å². The van der Waals surface area contributed by atoms with E-state index >= 15 is 0 Å². The molecular weight excluding hydrogens is 374 g/mol. The van der Waals surface area contributed by atoms with Crippen LogP contribution in [0.15, 0.2) is 18.3 Å². The lowest BCUT2D eigenvalue weighted by atomic mass is 9.69. The number of fused-ring (bicyclic) bond motifs is 4. The number of pyridine rings is 1. The summed E-state index contributed by atoms with van der Waals surface area (Å²) in [5.41, 5.74) is 1.55. The van der Waals surface area contributed by atoms with Crippen LogP contribution >= 0.6 is 0 Å². The fraction of sp³-hybridized carbons (Fsp3) is 0.720. The summed E-state index contributed by atoms with van der Waals surface area (Å²) in [5, 5.41) is 0. The van der Waals surface area contributed by atoms with E-state index in [9.17, 15) is 9.59 Å². The highest BCUT2D eigenvalue weighted by Crippen LogP contribution is 2.44. The molecule has 4 heterocycles. The average molecular weight is 410 g/mol. The predicted octanol–water partition coefficient (Wildman–Crippen LogP) is 4.20. The van der Waals surface area contributed by atoms with Crippen LogP contribution in [0.5, 0.6) is 0 Å². The molecule has 3 aliphatic heterocycles. The van der Waals surface area contributed by atoms with E-state index in [0.29, 0.717) is 41.9 Å². The lowest BCUT2D eigenvalue weighted by Gasteiger charge is -2.57. The van der Waals surface area contributed by atoms with Crippen molar-refractivity contribution < 1.29 is 9.59 Å². The Morgan fingerprint density at radius 1 is 1.10 bits per heavy atom. The van der Waals surface area contributed by atoms with Gasteiger partial charge in [-0.1, -0.05) is 38.2 Å². The molecule has 0 N–H and O–H groups in total. The Bertz CT molecular complexity index is 803. The third-order valence-corrected chi connectivity index (χ3v) is 8.30. The summed E-state index contributed by atoms with van der Waals surface area (Å²) in [5.74, 6) is 2.04. The van der Waals surface area contributed by atoms with Gasteiger partial charge in [0.15, 0.2) is 0 Å². The quantitative estimate of drug-likeness (QED) is 0.752. The summed E-state index contributed by atoms with van der Waals surface area (Å²) in [4.78, 5) is 35.2. The molecule has 1 aromatic rings. The molecule has 4 fully saturated rings. The lowest BCUT2D eigenvalue weighted by molar-refractivity contribution is -0.153. The number of nitrogens with zero attached hydrogens (tertiary/aromatic N) is 3. The molecule has 1 aliphatic carbocycles. The lowest BCUT2D eigenvalue weighted by Crippen LogP contribution is -2.65. The molecule has 0 aromatic carbocycles. The molecule has 2 amide bonds. The van der Waals surface area contributed by atoms with Gasteiger partial charge in [0.2, 0.25) is 5.91 Å². The standard InChI is InChI=1S/C25H35N3O2/c1-17-7-6-12-26-24(17)25(30)27-15-19-14-20(16-27)22(13-18-8-3-2-4-9-18)28-21(19)10-5-11-23(28)29/h6-7,12,18-22H,2-5,8-11,13-16H2,1H3/t19-,20+,21+,22+/m1/s1. The number of piperidine rings is 3. The van der Waals surface area contributed by atoms with E-state index in [4.69, 9.17) is 0 Å². The Balaban J connectivity index is 1.40. The van der Waals surface area contributed by atoms with Crippen LogP contribution < -0.4 is 0 Å². The fourth-order valence-electron chi connectivity index (χ4n) is 6.87. The molecule has 1 aromatic heterocycles. The first kappa shape index (κ1) is 20.0. The summed E-state index contributed by atoms with van der Waals surface area (Å²) < 4.78 is 0. The molecule has 3 saturated heterocycles. The van der Waals surface area contributed by atoms with Crippen LogP contribution in [0.1, 0.15) is 80.3 Å². The average Bonchev–Trinajstić information content (AvgIpc) is 2.77. The minimum Gasteiger partial charge on any atom is -0.337 e. The summed E-state index contributed by atoms with van der Waals surface area (Å²) in [6.07, 6.45) is 13.5. The highest BCUT2D eigenvalue weighted by molar-refractivity contribution is 5.93. The minimum absolute atomic E-state index is 0.0785. The van der Waals surface area contributed by atoms with Crippen molar-refractivity contribution in [2.45, 2.75) is 83.2 Å². The van der Waals surface area contributed by atoms with Gasteiger partial charge in [-0.15, -0.1) is 0 Å². The molecule has 30 heavy (non-hydrogen) atoms. The first-order valence-corrected chi connectivity index (χ1v) is 12.1. The van der Waals surface area contributed by atoms with Crippen LogP contribution in [-0.2, 0) is 4.79 Å². The highest BCUT2D eigenvalue weighted by Gasteiger charge is 2.50. The van der Waals surface area contributed by atoms with Crippen molar-refractivity contribution in [3.8, 4) is 0 Å². The third-order valence-electron chi connectivity index (χ3n) is 8.30. The monoisotopic (exact) mass is 409 g/mol. The largest absolute Gasteiger partial charge is 0.337 e. The number of hydrogen-bond donors (Lipinski definition) is 0. The fourth-order valence-corrected chi connectivity index (χ4v) is 6.87. The van der Waals surface area contributed by atoms with E-state index in [1.807, 2.05) is 19.1 Å². The number of aryl methyl sites for hydroxylation is 1. The normalized spacial score (nSPS) is 32.1. The van der Waals surface area contributed by atoms with Gasteiger partial charge >= 0.3 is 0 Å². The molecule has 4 aliphatic rings. The predicted molar refractivity (Wildman–Crippen MR) is 116 cm³/mol. The van der Waals surface area contributed by atoms with Gasteiger partial charge in [-0.3, -0.25) is 14.6 Å². The van der Waals surface area contributed by atoms with Crippen molar-refractivity contribution in [1.29, 1.82) is 0 Å². The molecule has 0 radical (unpaired) electrons. The second kappa shape index (κ2) is 8.32. The Morgan fingerprint density at radius 3 is 2.70 bits per heavy atom. The summed E-state index contributed by atoms with van der Waals surface area (Å²) in [7, 11) is 0. The van der Waals surface area contributed by atoms with Crippen LogP contribution in [0.2, 0.25) is 0 Å². The van der Waals surface area contributed by atoms with Crippen molar-refractivity contribution >= 4 is 11.8 Å². The van der Waals surface area contributed by atoms with Crippen molar-refractivity contribution in [2.75, 3.05) is 13.1 Å². The molecule has 162 valence electrons. The van der Waals surface area contributed by atoms with Crippen LogP contribution in [0, 0.1) is 24.7 Å². The number of amides is 2. The van der Waals surface area contributed by atoms with Crippen LogP contribution in [0.4, 0.5) is 0 Å². The van der Waals surface area contributed by atoms with Gasteiger partial charge in [0.1, 0.15) is 5.69 Å². The number of hydrogen-bond acceptors (Lipinski definition) is 3. The maximum atomic E-state index is 13.4. The summed E-state index contributed by atoms with van der Waals surface area (Å²) in [6.45, 7) is 3.52. The van der Waals surface area contributed by atoms with Crippen molar-refractivity contribution in [1.82, 2.24) is 14.8 Å². The summed E-state index contributed by atoms with van der Waals surface area (Å²) in [6, 6.07) is 4.51. The number of likely N-dealkylation sites (tertiary alicyclic amines) is 1. The zero-order valence-corrected chi connectivity index (χ0v) is 18.3. The van der Waals surface area contributed by atoms with Gasteiger partial charge in [0.05, 0.1) is 0 Å². The topological polar surface area (TPSA) is 53.5 Å². The van der Waals surface area contributed by atoms with Crippen molar-refractivity contribution in [3.05, 3.63) is 29.6 Å². The number of carbonyl (C=O) groups is 2. The molecule has 0 spiro atoms.